The van der Waals surface area contributed by atoms with Crippen molar-refractivity contribution in [1.82, 2.24) is 0 Å². The fourth-order valence-electron chi connectivity index (χ4n) is 0.775. The third-order valence-corrected chi connectivity index (χ3v) is 12.6. The van der Waals surface area contributed by atoms with Gasteiger partial charge in [0.25, 0.3) is 0 Å². The molecular formula is C5H19O2P3. The van der Waals surface area contributed by atoms with Gasteiger partial charge in [0.05, 0.1) is 0 Å². The molecule has 0 aromatic rings. The number of hydrogen-bond acceptors (Lipinski definition) is 2. The van der Waals surface area contributed by atoms with Crippen LogP contribution in [0.4, 0.5) is 0 Å². The van der Waals surface area contributed by atoms with Crippen LogP contribution in [-0.4, -0.2) is 23.7 Å². The quantitative estimate of drug-likeness (QED) is 0.607. The number of rotatable bonds is 6. The molecule has 0 atom stereocenters. The van der Waals surface area contributed by atoms with E-state index in [1.54, 1.807) is 0 Å². The molecule has 0 amide bonds. The zero-order chi connectivity index (χ0) is 7.82. The summed E-state index contributed by atoms with van der Waals surface area (Å²) in [5.74, 6) is 0.407. The standard InChI is InChI=1S/C5H19O2P3/c6-3-1-2-5(7)4-9-10-8/h6H,1-4H2,9-10H3,8H4. The van der Waals surface area contributed by atoms with Crippen LogP contribution in [0.2, 0.25) is 0 Å². The zero-order valence-electron chi connectivity index (χ0n) is 6.60. The van der Waals surface area contributed by atoms with E-state index >= 15 is 0 Å². The Morgan fingerprint density at radius 2 is 2.30 bits per heavy atom. The third-order valence-electron chi connectivity index (χ3n) is 1.42. The van der Waals surface area contributed by atoms with Crippen molar-refractivity contribution in [2.75, 3.05) is 12.8 Å². The van der Waals surface area contributed by atoms with Gasteiger partial charge in [-0.05, 0) is 0 Å². The van der Waals surface area contributed by atoms with Crippen LogP contribution in [0, 0.1) is 0 Å². The first kappa shape index (κ1) is 10.9. The Hall–Kier alpha value is 0.920. The number of carbonyl (C=O) groups excluding carboxylic acids is 1. The van der Waals surface area contributed by atoms with Gasteiger partial charge in [0.1, 0.15) is 0 Å². The van der Waals surface area contributed by atoms with Gasteiger partial charge in [-0.2, -0.15) is 0 Å². The predicted molar refractivity (Wildman–Crippen MR) is 60.9 cm³/mol. The van der Waals surface area contributed by atoms with E-state index in [1.807, 2.05) is 0 Å². The normalized spacial score (nSPS) is 10.7. The second-order valence-corrected chi connectivity index (χ2v) is 18.8. The van der Waals surface area contributed by atoms with E-state index in [9.17, 15) is 4.79 Å². The Kier molecular flexibility index (Phi) is 8.76. The van der Waals surface area contributed by atoms with Gasteiger partial charge in [-0.25, -0.2) is 0 Å². The van der Waals surface area contributed by atoms with E-state index in [-0.39, 0.29) is 14.9 Å². The van der Waals surface area contributed by atoms with E-state index in [2.05, 4.69) is 0 Å². The van der Waals surface area contributed by atoms with Gasteiger partial charge in [0, 0.05) is 0 Å². The van der Waals surface area contributed by atoms with Crippen molar-refractivity contribution in [3.05, 3.63) is 0 Å². The summed E-state index contributed by atoms with van der Waals surface area (Å²) < 4.78 is 0. The average Bonchev–Trinajstić information content (AvgIpc) is 1.97. The van der Waals surface area contributed by atoms with E-state index < -0.39 is 0 Å². The number of aliphatic hydroxyl groups excluding tert-OH is 1. The molecule has 0 aliphatic carbocycles. The van der Waals surface area contributed by atoms with Crippen LogP contribution in [0.5, 0.6) is 0 Å². The monoisotopic (exact) mass is 204 g/mol. The van der Waals surface area contributed by atoms with Crippen molar-refractivity contribution in [2.24, 2.45) is 0 Å². The minimum atomic E-state index is 0.116. The molecule has 2 nitrogen and oxygen atoms in total. The molecule has 0 aromatic heterocycles. The van der Waals surface area contributed by atoms with E-state index in [1.165, 1.54) is 8.93 Å². The Morgan fingerprint density at radius 3 is 2.80 bits per heavy atom. The van der Waals surface area contributed by atoms with Gasteiger partial charge >= 0.3 is 66.5 Å². The van der Waals surface area contributed by atoms with Crippen molar-refractivity contribution in [3.63, 3.8) is 0 Å². The van der Waals surface area contributed by atoms with Gasteiger partial charge in [-0.15, -0.1) is 0 Å². The van der Waals surface area contributed by atoms with Crippen LogP contribution in [0.25, 0.3) is 0 Å². The molecule has 0 aromatic carbocycles. The molecule has 0 aliphatic rings. The van der Waals surface area contributed by atoms with E-state index in [4.69, 9.17) is 5.11 Å². The molecule has 0 bridgehead atoms. The van der Waals surface area contributed by atoms with Crippen molar-refractivity contribution in [3.8, 4) is 0 Å². The van der Waals surface area contributed by atoms with Gasteiger partial charge in [-0.3, -0.25) is 0 Å². The topological polar surface area (TPSA) is 37.3 Å². The summed E-state index contributed by atoms with van der Waals surface area (Å²) in [6.07, 6.45) is 2.23. The number of Topliss-reactive ketones (excluding diaryl/α,β-unsaturated/α-hetero) is 1. The average molecular weight is 204 g/mol. The van der Waals surface area contributed by atoms with E-state index in [0.29, 0.717) is 26.6 Å². The molecule has 1 N–H and O–H groups in total. The minimum absolute atomic E-state index is 0.116. The Morgan fingerprint density at radius 1 is 1.60 bits per heavy atom. The maximum absolute atomic E-state index is 10.9. The molecule has 0 heterocycles. The van der Waals surface area contributed by atoms with Crippen molar-refractivity contribution in [2.45, 2.75) is 12.8 Å². The molecule has 0 unspecified atom stereocenters. The summed E-state index contributed by atoms with van der Waals surface area (Å²) in [4.78, 5) is 10.9. The van der Waals surface area contributed by atoms with Crippen LogP contribution >= 0.6 is 25.2 Å². The summed E-state index contributed by atoms with van der Waals surface area (Å²) in [5.41, 5.74) is 0. The first-order valence-corrected chi connectivity index (χ1v) is 14.6. The molecule has 0 saturated heterocycles. The van der Waals surface area contributed by atoms with Gasteiger partial charge < -0.3 is 0 Å². The van der Waals surface area contributed by atoms with E-state index in [0.717, 1.165) is 6.16 Å². The van der Waals surface area contributed by atoms with Crippen molar-refractivity contribution >= 4 is 30.9 Å². The summed E-state index contributed by atoms with van der Waals surface area (Å²) in [7, 11) is 1.86. The van der Waals surface area contributed by atoms with Gasteiger partial charge in [0.15, 0.2) is 0 Å². The van der Waals surface area contributed by atoms with Crippen LogP contribution < -0.4 is 0 Å². The predicted octanol–water partition coefficient (Wildman–Crippen LogP) is -0.216. The summed E-state index contributed by atoms with van der Waals surface area (Å²) in [5, 5.41) is 8.42. The molecule has 66 valence electrons. The molecule has 10 heavy (non-hydrogen) atoms. The fraction of sp³-hybridized carbons (Fsp3) is 0.800. The summed E-state index contributed by atoms with van der Waals surface area (Å²) >= 11 is 0. The molecule has 0 fully saturated rings. The molecule has 0 rings (SSSR count). The fourth-order valence-corrected chi connectivity index (χ4v) is 7.20. The summed E-state index contributed by atoms with van der Waals surface area (Å²) in [6, 6.07) is 0. The number of carbonyl (C=O) groups is 1. The molecule has 0 radical (unpaired) electrons. The Balaban J connectivity index is 3.09. The number of ketones is 1. The second kappa shape index (κ2) is 8.02. The number of hydrogen-bond donors (Lipinski definition) is 1. The first-order valence-electron chi connectivity index (χ1n) is 3.93. The van der Waals surface area contributed by atoms with Crippen molar-refractivity contribution in [1.29, 1.82) is 0 Å². The Bertz CT molecular complexity index is 86.9. The summed E-state index contributed by atoms with van der Waals surface area (Å²) in [6.45, 7) is 0.172. The van der Waals surface area contributed by atoms with Crippen LogP contribution in [0.3, 0.4) is 0 Å². The molecule has 0 aliphatic heterocycles. The maximum atomic E-state index is 10.9. The second-order valence-electron chi connectivity index (χ2n) is 2.47. The van der Waals surface area contributed by atoms with Crippen LogP contribution in [0.1, 0.15) is 12.8 Å². The van der Waals surface area contributed by atoms with Crippen LogP contribution in [-0.2, 0) is 4.79 Å². The molecule has 5 heteroatoms. The molecule has 0 saturated carbocycles. The third kappa shape index (κ3) is 7.03. The van der Waals surface area contributed by atoms with Gasteiger partial charge in [-0.1, -0.05) is 0 Å². The van der Waals surface area contributed by atoms with Gasteiger partial charge in [0.2, 0.25) is 0 Å². The SMILES string of the molecule is O=C(CCCO)C[PH3][PH3][PH4]. The molecular weight excluding hydrogens is 185 g/mol. The van der Waals surface area contributed by atoms with Crippen LogP contribution in [0.15, 0.2) is 0 Å². The Labute approximate surface area is 67.1 Å². The number of aliphatic hydroxyl groups is 1. The van der Waals surface area contributed by atoms with Crippen molar-refractivity contribution < 1.29 is 9.90 Å². The zero-order valence-corrected chi connectivity index (χ0v) is 11.4. The molecule has 0 spiro atoms. The first-order chi connectivity index (χ1) is 4.81.